The molecule has 0 rings (SSSR count). The minimum Gasteiger partial charge on any atom is -0.380 e. The van der Waals surface area contributed by atoms with Gasteiger partial charge in [0.1, 0.15) is 0 Å². The van der Waals surface area contributed by atoms with Crippen molar-refractivity contribution in [2.75, 3.05) is 19.8 Å². The highest BCUT2D eigenvalue weighted by molar-refractivity contribution is 4.55. The predicted molar refractivity (Wildman–Crippen MR) is 58.1 cm³/mol. The van der Waals surface area contributed by atoms with E-state index >= 15 is 0 Å². The Labute approximate surface area is 86.9 Å². The first-order chi connectivity index (χ1) is 6.52. The Kier molecular flexibility index (Phi) is 8.08. The van der Waals surface area contributed by atoms with Gasteiger partial charge in [-0.1, -0.05) is 0 Å². The van der Waals surface area contributed by atoms with E-state index in [2.05, 4.69) is 0 Å². The lowest BCUT2D eigenvalue weighted by atomic mass is 10.3. The van der Waals surface area contributed by atoms with Gasteiger partial charge in [-0.2, -0.15) is 0 Å². The first-order valence-electron chi connectivity index (χ1n) is 5.23. The summed E-state index contributed by atoms with van der Waals surface area (Å²) in [5.41, 5.74) is 11.1. The maximum absolute atomic E-state index is 5.56. The van der Waals surface area contributed by atoms with Crippen LogP contribution in [-0.4, -0.2) is 38.0 Å². The van der Waals surface area contributed by atoms with Gasteiger partial charge in [0.25, 0.3) is 0 Å². The molecule has 0 aromatic heterocycles. The highest BCUT2D eigenvalue weighted by Gasteiger charge is 2.03. The van der Waals surface area contributed by atoms with E-state index < -0.39 is 0 Å². The van der Waals surface area contributed by atoms with E-state index in [9.17, 15) is 0 Å². The molecule has 3 unspecified atom stereocenters. The Morgan fingerprint density at radius 2 is 1.57 bits per heavy atom. The zero-order valence-electron chi connectivity index (χ0n) is 9.53. The van der Waals surface area contributed by atoms with Crippen LogP contribution in [0.3, 0.4) is 0 Å². The summed E-state index contributed by atoms with van der Waals surface area (Å²) < 4.78 is 10.8. The van der Waals surface area contributed by atoms with E-state index in [4.69, 9.17) is 20.9 Å². The highest BCUT2D eigenvalue weighted by Crippen LogP contribution is 1.98. The minimum atomic E-state index is 0.0995. The van der Waals surface area contributed by atoms with Crippen molar-refractivity contribution in [1.29, 1.82) is 0 Å². The van der Waals surface area contributed by atoms with Gasteiger partial charge >= 0.3 is 0 Å². The van der Waals surface area contributed by atoms with Crippen molar-refractivity contribution < 1.29 is 9.47 Å². The van der Waals surface area contributed by atoms with Crippen LogP contribution in [0.15, 0.2) is 0 Å². The molecular formula is C10H24N2O2. The third-order valence-electron chi connectivity index (χ3n) is 1.69. The van der Waals surface area contributed by atoms with Crippen molar-refractivity contribution in [3.05, 3.63) is 0 Å². The second-order valence-corrected chi connectivity index (χ2v) is 3.96. The normalized spacial score (nSPS) is 17.8. The summed E-state index contributed by atoms with van der Waals surface area (Å²) in [5, 5.41) is 0. The molecule has 0 radical (unpaired) electrons. The van der Waals surface area contributed by atoms with Crippen LogP contribution in [0.4, 0.5) is 0 Å². The first kappa shape index (κ1) is 13.8. The summed E-state index contributed by atoms with van der Waals surface area (Å²) in [4.78, 5) is 0. The van der Waals surface area contributed by atoms with Crippen molar-refractivity contribution in [3.63, 3.8) is 0 Å². The van der Waals surface area contributed by atoms with E-state index in [0.717, 1.165) is 6.42 Å². The molecule has 86 valence electrons. The van der Waals surface area contributed by atoms with Crippen LogP contribution in [0.1, 0.15) is 27.2 Å². The number of hydrogen-bond acceptors (Lipinski definition) is 4. The van der Waals surface area contributed by atoms with Crippen molar-refractivity contribution in [2.45, 2.75) is 45.4 Å². The Morgan fingerprint density at radius 1 is 1.00 bits per heavy atom. The average molecular weight is 204 g/mol. The molecule has 0 fully saturated rings. The van der Waals surface area contributed by atoms with E-state index in [0.29, 0.717) is 19.8 Å². The highest BCUT2D eigenvalue weighted by atomic mass is 16.5. The lowest BCUT2D eigenvalue weighted by Gasteiger charge is -2.15. The Hall–Kier alpha value is -0.160. The van der Waals surface area contributed by atoms with Gasteiger partial charge < -0.3 is 20.9 Å². The average Bonchev–Trinajstić information content (AvgIpc) is 2.08. The molecule has 0 aliphatic rings. The molecule has 0 spiro atoms. The zero-order valence-corrected chi connectivity index (χ0v) is 9.53. The molecule has 0 aromatic carbocycles. The number of hydrogen-bond donors (Lipinski definition) is 2. The topological polar surface area (TPSA) is 70.5 Å². The maximum Gasteiger partial charge on any atom is 0.0618 e. The predicted octanol–water partition coefficient (Wildman–Crippen LogP) is 0.493. The molecule has 0 aliphatic heterocycles. The zero-order chi connectivity index (χ0) is 11.0. The molecular weight excluding hydrogens is 180 g/mol. The van der Waals surface area contributed by atoms with E-state index in [1.165, 1.54) is 0 Å². The van der Waals surface area contributed by atoms with Crippen LogP contribution in [-0.2, 0) is 9.47 Å². The Bertz CT molecular complexity index is 129. The molecule has 0 amide bonds. The fourth-order valence-corrected chi connectivity index (χ4v) is 0.918. The van der Waals surface area contributed by atoms with Crippen LogP contribution in [0.5, 0.6) is 0 Å². The van der Waals surface area contributed by atoms with E-state index in [1.54, 1.807) is 0 Å². The first-order valence-corrected chi connectivity index (χ1v) is 5.23. The van der Waals surface area contributed by atoms with Crippen LogP contribution in [0, 0.1) is 0 Å². The van der Waals surface area contributed by atoms with Crippen LogP contribution >= 0.6 is 0 Å². The molecule has 0 aliphatic carbocycles. The van der Waals surface area contributed by atoms with Crippen LogP contribution in [0.25, 0.3) is 0 Å². The second-order valence-electron chi connectivity index (χ2n) is 3.96. The third-order valence-corrected chi connectivity index (χ3v) is 1.69. The molecule has 4 nitrogen and oxygen atoms in total. The second kappa shape index (κ2) is 8.17. The lowest BCUT2D eigenvalue weighted by molar-refractivity contribution is 0.0254. The molecule has 4 heteroatoms. The lowest BCUT2D eigenvalue weighted by Crippen LogP contribution is -2.26. The van der Waals surface area contributed by atoms with Gasteiger partial charge in [0.2, 0.25) is 0 Å². The summed E-state index contributed by atoms with van der Waals surface area (Å²) in [5.74, 6) is 0. The van der Waals surface area contributed by atoms with E-state index in [-0.39, 0.29) is 18.2 Å². The Balaban J connectivity index is 3.22. The summed E-state index contributed by atoms with van der Waals surface area (Å²) >= 11 is 0. The van der Waals surface area contributed by atoms with Crippen LogP contribution in [0.2, 0.25) is 0 Å². The molecule has 4 N–H and O–H groups in total. The fraction of sp³-hybridized carbons (Fsp3) is 1.00. The molecule has 0 saturated heterocycles. The van der Waals surface area contributed by atoms with Gasteiger partial charge in [0, 0.05) is 18.7 Å². The minimum absolute atomic E-state index is 0.0995. The summed E-state index contributed by atoms with van der Waals surface area (Å²) in [6.07, 6.45) is 1.09. The molecule has 0 saturated carbocycles. The fourth-order valence-electron chi connectivity index (χ4n) is 0.918. The largest absolute Gasteiger partial charge is 0.380 e. The van der Waals surface area contributed by atoms with Gasteiger partial charge in [-0.05, 0) is 27.2 Å². The third kappa shape index (κ3) is 9.92. The quantitative estimate of drug-likeness (QED) is 0.565. The van der Waals surface area contributed by atoms with Crippen molar-refractivity contribution in [2.24, 2.45) is 11.5 Å². The number of ether oxygens (including phenoxy) is 2. The van der Waals surface area contributed by atoms with Gasteiger partial charge in [0.05, 0.1) is 19.3 Å². The Morgan fingerprint density at radius 3 is 2.07 bits per heavy atom. The molecule has 0 aromatic rings. The molecule has 14 heavy (non-hydrogen) atoms. The van der Waals surface area contributed by atoms with Crippen molar-refractivity contribution >= 4 is 0 Å². The number of rotatable bonds is 8. The molecule has 0 heterocycles. The SMILES string of the molecule is CC(N)COCCC(C)OCC(C)N. The maximum atomic E-state index is 5.56. The molecule has 3 atom stereocenters. The van der Waals surface area contributed by atoms with Gasteiger partial charge in [-0.15, -0.1) is 0 Å². The van der Waals surface area contributed by atoms with Crippen molar-refractivity contribution in [1.82, 2.24) is 0 Å². The molecule has 0 bridgehead atoms. The summed E-state index contributed by atoms with van der Waals surface area (Å²) in [6, 6.07) is 0.206. The number of nitrogens with two attached hydrogens (primary N) is 2. The monoisotopic (exact) mass is 204 g/mol. The summed E-state index contributed by atoms with van der Waals surface area (Å²) in [7, 11) is 0. The van der Waals surface area contributed by atoms with E-state index in [1.807, 2.05) is 20.8 Å². The van der Waals surface area contributed by atoms with Crippen LogP contribution < -0.4 is 11.5 Å². The van der Waals surface area contributed by atoms with Crippen molar-refractivity contribution in [3.8, 4) is 0 Å². The van der Waals surface area contributed by atoms with Gasteiger partial charge in [-0.25, -0.2) is 0 Å². The van der Waals surface area contributed by atoms with Gasteiger partial charge in [-0.3, -0.25) is 0 Å². The van der Waals surface area contributed by atoms with Gasteiger partial charge in [0.15, 0.2) is 0 Å². The standard InChI is InChI=1S/C10H24N2O2/c1-8(11)6-13-5-4-10(3)14-7-9(2)12/h8-10H,4-7,11-12H2,1-3H3. The summed E-state index contributed by atoms with van der Waals surface area (Å²) in [6.45, 7) is 7.79. The smallest absolute Gasteiger partial charge is 0.0618 e.